The molecule has 0 aromatic heterocycles. The van der Waals surface area contributed by atoms with Gasteiger partial charge in [-0.05, 0) is 24.1 Å². The summed E-state index contributed by atoms with van der Waals surface area (Å²) in [4.78, 5) is 0. The van der Waals surface area contributed by atoms with Crippen molar-refractivity contribution in [2.24, 2.45) is 0 Å². The van der Waals surface area contributed by atoms with E-state index in [1.54, 1.807) is 0 Å². The molecule has 4 heteroatoms. The van der Waals surface area contributed by atoms with E-state index in [-0.39, 0.29) is 12.6 Å². The molecule has 106 valence electrons. The van der Waals surface area contributed by atoms with Crippen LogP contribution in [-0.4, -0.2) is 17.8 Å². The zero-order chi connectivity index (χ0) is 14.4. The molecule has 0 spiro atoms. The van der Waals surface area contributed by atoms with Crippen LogP contribution >= 0.6 is 23.2 Å². The van der Waals surface area contributed by atoms with Crippen LogP contribution in [0.4, 0.5) is 0 Å². The van der Waals surface area contributed by atoms with E-state index in [2.05, 4.69) is 5.32 Å². The Kier molecular flexibility index (Phi) is 5.86. The molecule has 0 saturated heterocycles. The second-order valence-electron chi connectivity index (χ2n) is 4.65. The van der Waals surface area contributed by atoms with Gasteiger partial charge in [0.1, 0.15) is 0 Å². The summed E-state index contributed by atoms with van der Waals surface area (Å²) >= 11 is 12.3. The second kappa shape index (κ2) is 7.65. The first-order valence-corrected chi connectivity index (χ1v) is 7.27. The third-order valence-electron chi connectivity index (χ3n) is 3.17. The van der Waals surface area contributed by atoms with Gasteiger partial charge >= 0.3 is 0 Å². The van der Waals surface area contributed by atoms with E-state index in [4.69, 9.17) is 23.2 Å². The number of benzene rings is 2. The van der Waals surface area contributed by atoms with E-state index in [1.165, 1.54) is 5.56 Å². The van der Waals surface area contributed by atoms with Gasteiger partial charge in [-0.2, -0.15) is 0 Å². The van der Waals surface area contributed by atoms with Crippen LogP contribution in [0.15, 0.2) is 48.5 Å². The molecular weight excluding hydrogens is 293 g/mol. The van der Waals surface area contributed by atoms with Crippen LogP contribution in [-0.2, 0) is 13.0 Å². The molecule has 0 aliphatic rings. The van der Waals surface area contributed by atoms with Crippen molar-refractivity contribution in [1.29, 1.82) is 0 Å². The van der Waals surface area contributed by atoms with Crippen LogP contribution in [0.25, 0.3) is 0 Å². The van der Waals surface area contributed by atoms with Gasteiger partial charge in [-0.15, -0.1) is 0 Å². The average Bonchev–Trinajstić information content (AvgIpc) is 2.46. The molecule has 0 aliphatic carbocycles. The lowest BCUT2D eigenvalue weighted by Gasteiger charge is -2.17. The highest BCUT2D eigenvalue weighted by Crippen LogP contribution is 2.24. The molecule has 2 aromatic rings. The van der Waals surface area contributed by atoms with E-state index < -0.39 is 0 Å². The first-order valence-electron chi connectivity index (χ1n) is 6.51. The third kappa shape index (κ3) is 4.22. The lowest BCUT2D eigenvalue weighted by atomic mass is 10.1. The maximum atomic E-state index is 9.48. The van der Waals surface area contributed by atoms with Crippen LogP contribution in [0.1, 0.15) is 11.1 Å². The second-order valence-corrected chi connectivity index (χ2v) is 5.46. The molecule has 0 heterocycles. The smallest absolute Gasteiger partial charge is 0.0587 e. The standard InChI is InChI=1S/C16H17Cl2NO/c17-15-7-4-8-16(18)14(15)10-19-13(11-20)9-12-5-2-1-3-6-12/h1-8,13,19-20H,9-11H2/t13-/m1/s1. The monoisotopic (exact) mass is 309 g/mol. The van der Waals surface area contributed by atoms with Crippen molar-refractivity contribution in [2.75, 3.05) is 6.61 Å². The summed E-state index contributed by atoms with van der Waals surface area (Å²) in [5.74, 6) is 0. The van der Waals surface area contributed by atoms with Crippen molar-refractivity contribution < 1.29 is 5.11 Å². The summed E-state index contributed by atoms with van der Waals surface area (Å²) in [5, 5.41) is 14.1. The van der Waals surface area contributed by atoms with Gasteiger partial charge in [0.2, 0.25) is 0 Å². The Labute approximate surface area is 129 Å². The Morgan fingerprint density at radius 2 is 1.60 bits per heavy atom. The molecule has 0 saturated carbocycles. The van der Waals surface area contributed by atoms with Crippen LogP contribution in [0.5, 0.6) is 0 Å². The summed E-state index contributed by atoms with van der Waals surface area (Å²) < 4.78 is 0. The first-order chi connectivity index (χ1) is 9.70. The topological polar surface area (TPSA) is 32.3 Å². The van der Waals surface area contributed by atoms with E-state index >= 15 is 0 Å². The SMILES string of the molecule is OC[C@@H](Cc1ccccc1)NCc1c(Cl)cccc1Cl. The van der Waals surface area contributed by atoms with Crippen molar-refractivity contribution in [1.82, 2.24) is 5.32 Å². The summed E-state index contributed by atoms with van der Waals surface area (Å²) in [5.41, 5.74) is 2.05. The van der Waals surface area contributed by atoms with E-state index in [1.807, 2.05) is 48.5 Å². The molecule has 0 radical (unpaired) electrons. The van der Waals surface area contributed by atoms with E-state index in [0.29, 0.717) is 16.6 Å². The van der Waals surface area contributed by atoms with Crippen molar-refractivity contribution in [3.05, 3.63) is 69.7 Å². The van der Waals surface area contributed by atoms with Crippen molar-refractivity contribution in [3.8, 4) is 0 Å². The third-order valence-corrected chi connectivity index (χ3v) is 3.88. The van der Waals surface area contributed by atoms with Crippen LogP contribution in [0.2, 0.25) is 10.0 Å². The highest BCUT2D eigenvalue weighted by atomic mass is 35.5. The van der Waals surface area contributed by atoms with E-state index in [9.17, 15) is 5.11 Å². The molecule has 1 atom stereocenters. The Morgan fingerprint density at radius 3 is 2.20 bits per heavy atom. The largest absolute Gasteiger partial charge is 0.395 e. The summed E-state index contributed by atoms with van der Waals surface area (Å²) in [6.45, 7) is 0.605. The van der Waals surface area contributed by atoms with Crippen molar-refractivity contribution in [2.45, 2.75) is 19.0 Å². The molecule has 2 nitrogen and oxygen atoms in total. The van der Waals surface area contributed by atoms with Crippen molar-refractivity contribution >= 4 is 23.2 Å². The molecule has 0 amide bonds. The maximum Gasteiger partial charge on any atom is 0.0587 e. The minimum absolute atomic E-state index is 0.0234. The normalized spacial score (nSPS) is 12.3. The molecule has 0 bridgehead atoms. The quantitative estimate of drug-likeness (QED) is 0.853. The number of nitrogens with one attached hydrogen (secondary N) is 1. The molecule has 0 aliphatic heterocycles. The number of hydrogen-bond acceptors (Lipinski definition) is 2. The minimum Gasteiger partial charge on any atom is -0.395 e. The molecule has 2 N–H and O–H groups in total. The predicted octanol–water partition coefficient (Wildman–Crippen LogP) is 3.69. The van der Waals surface area contributed by atoms with Gasteiger partial charge in [0, 0.05) is 28.2 Å². The lowest BCUT2D eigenvalue weighted by molar-refractivity contribution is 0.241. The van der Waals surface area contributed by atoms with Crippen LogP contribution in [0, 0.1) is 0 Å². The molecular formula is C16H17Cl2NO. The Morgan fingerprint density at radius 1 is 0.950 bits per heavy atom. The first kappa shape index (κ1) is 15.3. The zero-order valence-electron chi connectivity index (χ0n) is 11.0. The molecule has 2 rings (SSSR count). The van der Waals surface area contributed by atoms with Gasteiger partial charge in [-0.25, -0.2) is 0 Å². The highest BCUT2D eigenvalue weighted by molar-refractivity contribution is 6.35. The maximum absolute atomic E-state index is 9.48. The van der Waals surface area contributed by atoms with Crippen LogP contribution < -0.4 is 5.32 Å². The predicted molar refractivity (Wildman–Crippen MR) is 84.3 cm³/mol. The fourth-order valence-corrected chi connectivity index (χ4v) is 2.58. The Bertz CT molecular complexity index is 525. The number of aliphatic hydroxyl groups excluding tert-OH is 1. The van der Waals surface area contributed by atoms with Gasteiger partial charge in [-0.3, -0.25) is 0 Å². The molecule has 20 heavy (non-hydrogen) atoms. The van der Waals surface area contributed by atoms with Crippen LogP contribution in [0.3, 0.4) is 0 Å². The van der Waals surface area contributed by atoms with E-state index in [0.717, 1.165) is 12.0 Å². The summed E-state index contributed by atoms with van der Waals surface area (Å²) in [6.07, 6.45) is 0.763. The molecule has 0 unspecified atom stereocenters. The highest BCUT2D eigenvalue weighted by Gasteiger charge is 2.11. The molecule has 2 aromatic carbocycles. The average molecular weight is 310 g/mol. The van der Waals surface area contributed by atoms with Gasteiger partial charge < -0.3 is 10.4 Å². The zero-order valence-corrected chi connectivity index (χ0v) is 12.5. The number of rotatable bonds is 6. The molecule has 0 fully saturated rings. The number of halogens is 2. The Balaban J connectivity index is 1.97. The fourth-order valence-electron chi connectivity index (χ4n) is 2.05. The van der Waals surface area contributed by atoms with Gasteiger partial charge in [-0.1, -0.05) is 59.6 Å². The number of hydrogen-bond donors (Lipinski definition) is 2. The lowest BCUT2D eigenvalue weighted by Crippen LogP contribution is -2.34. The summed E-state index contributed by atoms with van der Waals surface area (Å²) in [7, 11) is 0. The minimum atomic E-state index is -0.0234. The van der Waals surface area contributed by atoms with Gasteiger partial charge in [0.05, 0.1) is 6.61 Å². The Hall–Kier alpha value is -1.06. The number of aliphatic hydroxyl groups is 1. The van der Waals surface area contributed by atoms with Gasteiger partial charge in [0.25, 0.3) is 0 Å². The summed E-state index contributed by atoms with van der Waals surface area (Å²) in [6, 6.07) is 15.5. The van der Waals surface area contributed by atoms with Gasteiger partial charge in [0.15, 0.2) is 0 Å². The van der Waals surface area contributed by atoms with Crippen molar-refractivity contribution in [3.63, 3.8) is 0 Å². The fraction of sp³-hybridized carbons (Fsp3) is 0.250.